The van der Waals surface area contributed by atoms with Crippen LogP contribution in [0.5, 0.6) is 11.6 Å². The summed E-state index contributed by atoms with van der Waals surface area (Å²) in [5.41, 5.74) is 12.1. The fourth-order valence-electron chi connectivity index (χ4n) is 3.51. The number of methoxy groups -OCH3 is 2. The van der Waals surface area contributed by atoms with Gasteiger partial charge in [-0.2, -0.15) is 0 Å². The van der Waals surface area contributed by atoms with Gasteiger partial charge in [0.2, 0.25) is 5.88 Å². The molecule has 6 nitrogen and oxygen atoms in total. The van der Waals surface area contributed by atoms with Crippen molar-refractivity contribution in [2.75, 3.05) is 20.0 Å². The van der Waals surface area contributed by atoms with Crippen LogP contribution in [0.15, 0.2) is 47.3 Å². The van der Waals surface area contributed by atoms with E-state index in [0.717, 1.165) is 44.5 Å². The molecule has 4 rings (SSSR count). The van der Waals surface area contributed by atoms with Crippen LogP contribution in [0.1, 0.15) is 11.1 Å². The smallest absolute Gasteiger partial charge is 0.236 e. The predicted octanol–water partition coefficient (Wildman–Crippen LogP) is 4.77. The Bertz CT molecular complexity index is 1160. The third-order valence-corrected chi connectivity index (χ3v) is 4.75. The molecule has 0 aliphatic heterocycles. The van der Waals surface area contributed by atoms with Gasteiger partial charge in [0.05, 0.1) is 19.9 Å². The minimum Gasteiger partial charge on any atom is -0.496 e. The lowest BCUT2D eigenvalue weighted by Crippen LogP contribution is -1.95. The molecule has 142 valence electrons. The van der Waals surface area contributed by atoms with Gasteiger partial charge in [0.1, 0.15) is 17.1 Å². The van der Waals surface area contributed by atoms with E-state index in [0.29, 0.717) is 17.3 Å². The van der Waals surface area contributed by atoms with E-state index in [9.17, 15) is 0 Å². The number of pyridine rings is 2. The van der Waals surface area contributed by atoms with Crippen molar-refractivity contribution in [1.29, 1.82) is 0 Å². The molecule has 0 fully saturated rings. The lowest BCUT2D eigenvalue weighted by atomic mass is 10.00. The van der Waals surface area contributed by atoms with Crippen molar-refractivity contribution in [2.45, 2.75) is 13.8 Å². The first-order chi connectivity index (χ1) is 13.5. The molecule has 2 N–H and O–H groups in total. The van der Waals surface area contributed by atoms with E-state index in [1.165, 1.54) is 7.11 Å². The number of ether oxygens (including phenoxy) is 2. The fraction of sp³-hybridized carbons (Fsp3) is 0.182. The number of rotatable bonds is 4. The Hall–Kier alpha value is -3.54. The lowest BCUT2D eigenvalue weighted by molar-refractivity contribution is 0.400. The molecule has 3 heterocycles. The van der Waals surface area contributed by atoms with Gasteiger partial charge < -0.3 is 19.6 Å². The zero-order valence-electron chi connectivity index (χ0n) is 16.2. The number of furan rings is 1. The summed E-state index contributed by atoms with van der Waals surface area (Å²) in [6.45, 7) is 4.06. The lowest BCUT2D eigenvalue weighted by Gasteiger charge is -2.11. The largest absolute Gasteiger partial charge is 0.496 e. The van der Waals surface area contributed by atoms with Gasteiger partial charge >= 0.3 is 0 Å². The third kappa shape index (κ3) is 2.93. The Morgan fingerprint density at radius 1 is 0.893 bits per heavy atom. The molecular formula is C22H21N3O3. The summed E-state index contributed by atoms with van der Waals surface area (Å²) in [4.78, 5) is 8.62. The average molecular weight is 375 g/mol. The van der Waals surface area contributed by atoms with Crippen LogP contribution in [0.2, 0.25) is 0 Å². The van der Waals surface area contributed by atoms with Crippen molar-refractivity contribution < 1.29 is 13.9 Å². The average Bonchev–Trinajstić information content (AvgIpc) is 3.12. The highest BCUT2D eigenvalue weighted by Crippen LogP contribution is 2.37. The normalized spacial score (nSPS) is 11.0. The van der Waals surface area contributed by atoms with Gasteiger partial charge in [0, 0.05) is 35.1 Å². The van der Waals surface area contributed by atoms with Crippen LogP contribution in [0, 0.1) is 13.8 Å². The maximum Gasteiger partial charge on any atom is 0.236 e. The van der Waals surface area contributed by atoms with Crippen LogP contribution >= 0.6 is 0 Å². The van der Waals surface area contributed by atoms with Crippen LogP contribution in [0.25, 0.3) is 33.4 Å². The molecule has 0 unspecified atom stereocenters. The number of hydrogen-bond acceptors (Lipinski definition) is 6. The predicted molar refractivity (Wildman–Crippen MR) is 110 cm³/mol. The minimum atomic E-state index is 0.395. The second-order valence-electron chi connectivity index (χ2n) is 6.68. The van der Waals surface area contributed by atoms with E-state index < -0.39 is 0 Å². The van der Waals surface area contributed by atoms with Crippen LogP contribution in [-0.4, -0.2) is 24.2 Å². The van der Waals surface area contributed by atoms with Crippen LogP contribution in [-0.2, 0) is 0 Å². The molecular weight excluding hydrogens is 354 g/mol. The molecule has 0 aliphatic rings. The Balaban J connectivity index is 1.85. The first-order valence-corrected chi connectivity index (χ1v) is 8.85. The van der Waals surface area contributed by atoms with E-state index >= 15 is 0 Å². The number of nitrogens with zero attached hydrogens (tertiary/aromatic N) is 2. The van der Waals surface area contributed by atoms with E-state index in [2.05, 4.69) is 22.1 Å². The number of anilines is 1. The monoisotopic (exact) mass is 375 g/mol. The summed E-state index contributed by atoms with van der Waals surface area (Å²) < 4.78 is 16.8. The van der Waals surface area contributed by atoms with E-state index in [-0.39, 0.29) is 0 Å². The van der Waals surface area contributed by atoms with Crippen molar-refractivity contribution >= 4 is 16.7 Å². The van der Waals surface area contributed by atoms with E-state index in [1.54, 1.807) is 25.6 Å². The van der Waals surface area contributed by atoms with Crippen molar-refractivity contribution in [2.24, 2.45) is 0 Å². The summed E-state index contributed by atoms with van der Waals surface area (Å²) in [7, 11) is 3.22. The Kier molecular flexibility index (Phi) is 4.39. The van der Waals surface area contributed by atoms with Gasteiger partial charge in [-0.15, -0.1) is 0 Å². The van der Waals surface area contributed by atoms with E-state index in [1.807, 2.05) is 26.1 Å². The summed E-state index contributed by atoms with van der Waals surface area (Å²) in [6, 6.07) is 7.89. The van der Waals surface area contributed by atoms with Gasteiger partial charge in [-0.1, -0.05) is 0 Å². The Morgan fingerprint density at radius 2 is 1.64 bits per heavy atom. The molecule has 1 aromatic carbocycles. The third-order valence-electron chi connectivity index (χ3n) is 4.75. The quantitative estimate of drug-likeness (QED) is 0.553. The summed E-state index contributed by atoms with van der Waals surface area (Å²) in [5, 5.41) is 0.910. The van der Waals surface area contributed by atoms with Gasteiger partial charge in [-0.3, -0.25) is 4.98 Å². The maximum atomic E-state index is 6.20. The molecule has 28 heavy (non-hydrogen) atoms. The first-order valence-electron chi connectivity index (χ1n) is 8.85. The second kappa shape index (κ2) is 6.88. The topological polar surface area (TPSA) is 83.4 Å². The number of hydrogen-bond donors (Lipinski definition) is 1. The zero-order chi connectivity index (χ0) is 19.8. The summed E-state index contributed by atoms with van der Waals surface area (Å²) in [6.07, 6.45) is 5.29. The van der Waals surface area contributed by atoms with Crippen LogP contribution in [0.4, 0.5) is 5.69 Å². The second-order valence-corrected chi connectivity index (χ2v) is 6.68. The van der Waals surface area contributed by atoms with Crippen molar-refractivity contribution in [3.8, 4) is 34.1 Å². The molecule has 0 aliphatic carbocycles. The van der Waals surface area contributed by atoms with Gasteiger partial charge in [-0.05, 0) is 54.8 Å². The van der Waals surface area contributed by atoms with Crippen molar-refractivity contribution in [3.63, 3.8) is 0 Å². The Labute approximate surface area is 162 Å². The first kappa shape index (κ1) is 17.9. The molecule has 0 saturated heterocycles. The van der Waals surface area contributed by atoms with E-state index in [4.69, 9.17) is 19.6 Å². The molecule has 0 saturated carbocycles. The number of nitrogens with two attached hydrogens (primary N) is 1. The highest BCUT2D eigenvalue weighted by atomic mass is 16.5. The molecule has 0 spiro atoms. The highest BCUT2D eigenvalue weighted by molar-refractivity contribution is 5.94. The number of benzene rings is 1. The summed E-state index contributed by atoms with van der Waals surface area (Å²) >= 11 is 0. The SMILES string of the molecule is COc1ncc(-c2cc3cncc(-c4cc(C)c(OC)c(C)c4)c3o2)cc1N. The van der Waals surface area contributed by atoms with Crippen molar-refractivity contribution in [1.82, 2.24) is 9.97 Å². The van der Waals surface area contributed by atoms with Crippen molar-refractivity contribution in [3.05, 3.63) is 54.0 Å². The summed E-state index contributed by atoms with van der Waals surface area (Å²) in [5.74, 6) is 1.96. The molecule has 0 atom stereocenters. The van der Waals surface area contributed by atoms with Gasteiger partial charge in [-0.25, -0.2) is 4.98 Å². The highest BCUT2D eigenvalue weighted by Gasteiger charge is 2.15. The van der Waals surface area contributed by atoms with Gasteiger partial charge in [0.25, 0.3) is 0 Å². The molecule has 0 amide bonds. The molecule has 3 aromatic heterocycles. The molecule has 6 heteroatoms. The number of aryl methyl sites for hydroxylation is 2. The standard InChI is InChI=1S/C22H21N3O3/c1-12-5-14(6-13(2)20(12)26-3)17-11-24-9-16-8-19(28-21(16)17)15-7-18(23)22(27-4)25-10-15/h5-11H,23H2,1-4H3. The number of aromatic nitrogens is 2. The zero-order valence-corrected chi connectivity index (χ0v) is 16.2. The number of fused-ring (bicyclic) bond motifs is 1. The fourth-order valence-corrected chi connectivity index (χ4v) is 3.51. The number of nitrogen functional groups attached to an aromatic ring is 1. The minimum absolute atomic E-state index is 0.395. The van der Waals surface area contributed by atoms with Gasteiger partial charge in [0.15, 0.2) is 0 Å². The van der Waals surface area contributed by atoms with Crippen LogP contribution < -0.4 is 15.2 Å². The molecule has 4 aromatic rings. The maximum absolute atomic E-state index is 6.20. The van der Waals surface area contributed by atoms with Crippen LogP contribution in [0.3, 0.4) is 0 Å². The Morgan fingerprint density at radius 3 is 2.29 bits per heavy atom. The molecule has 0 radical (unpaired) electrons. The molecule has 0 bridgehead atoms.